The summed E-state index contributed by atoms with van der Waals surface area (Å²) in [5.41, 5.74) is -0.308. The van der Waals surface area contributed by atoms with Crippen molar-refractivity contribution in [2.24, 2.45) is 0 Å². The molecule has 0 bridgehead atoms. The fourth-order valence-electron chi connectivity index (χ4n) is 1.30. The van der Waals surface area contributed by atoms with Crippen molar-refractivity contribution in [3.63, 3.8) is 0 Å². The number of ether oxygens (including phenoxy) is 1. The van der Waals surface area contributed by atoms with Gasteiger partial charge in [0.1, 0.15) is 22.7 Å². The number of benzene rings is 1. The molecule has 0 spiro atoms. The molecule has 0 amide bonds. The summed E-state index contributed by atoms with van der Waals surface area (Å²) in [6.45, 7) is 1.80. The second-order valence-electron chi connectivity index (χ2n) is 3.47. The van der Waals surface area contributed by atoms with Gasteiger partial charge in [-0.2, -0.15) is 10.5 Å². The van der Waals surface area contributed by atoms with Gasteiger partial charge in [-0.25, -0.2) is 0 Å². The smallest absolute Gasteiger partial charge is 0.311 e. The van der Waals surface area contributed by atoms with Gasteiger partial charge >= 0.3 is 5.97 Å². The third-order valence-corrected chi connectivity index (χ3v) is 3.38. The average Bonchev–Trinajstić information content (AvgIpc) is 2.37. The molecule has 0 fully saturated rings. The molecule has 4 nitrogen and oxygen atoms in total. The average molecular weight is 318 g/mol. The summed E-state index contributed by atoms with van der Waals surface area (Å²) < 4.78 is 5.00. The van der Waals surface area contributed by atoms with Crippen molar-refractivity contribution >= 4 is 40.8 Å². The van der Waals surface area contributed by atoms with E-state index in [1.807, 2.05) is 0 Å². The van der Waals surface area contributed by atoms with Crippen molar-refractivity contribution in [2.45, 2.75) is 19.8 Å². The maximum Gasteiger partial charge on any atom is 0.311 e. The van der Waals surface area contributed by atoms with E-state index in [-0.39, 0.29) is 38.4 Å². The molecule has 0 atom stereocenters. The van der Waals surface area contributed by atoms with E-state index >= 15 is 0 Å². The van der Waals surface area contributed by atoms with E-state index in [4.69, 9.17) is 50.1 Å². The lowest BCUT2D eigenvalue weighted by atomic mass is 10.1. The van der Waals surface area contributed by atoms with Gasteiger partial charge < -0.3 is 4.74 Å². The summed E-state index contributed by atoms with van der Waals surface area (Å²) in [5.74, 6) is -0.769. The van der Waals surface area contributed by atoms with Gasteiger partial charge in [-0.3, -0.25) is 4.79 Å². The number of nitrogens with zero attached hydrogens (tertiary/aromatic N) is 2. The van der Waals surface area contributed by atoms with E-state index in [0.717, 1.165) is 0 Å². The van der Waals surface area contributed by atoms with E-state index in [0.29, 0.717) is 6.42 Å². The lowest BCUT2D eigenvalue weighted by Gasteiger charge is -2.11. The van der Waals surface area contributed by atoms with Crippen molar-refractivity contribution in [3.05, 3.63) is 26.2 Å². The van der Waals surface area contributed by atoms with E-state index < -0.39 is 5.97 Å². The quantitative estimate of drug-likeness (QED) is 0.478. The second-order valence-corrected chi connectivity index (χ2v) is 4.60. The molecule has 1 aromatic rings. The van der Waals surface area contributed by atoms with Gasteiger partial charge in [0.15, 0.2) is 5.75 Å². The number of halogens is 3. The largest absolute Gasteiger partial charge is 0.423 e. The van der Waals surface area contributed by atoms with Crippen LogP contribution in [-0.2, 0) is 4.79 Å². The van der Waals surface area contributed by atoms with Crippen LogP contribution < -0.4 is 4.74 Å². The van der Waals surface area contributed by atoms with Crippen LogP contribution in [0.25, 0.3) is 0 Å². The van der Waals surface area contributed by atoms with Gasteiger partial charge in [0.05, 0.1) is 15.6 Å². The Morgan fingerprint density at radius 2 is 1.68 bits per heavy atom. The maximum atomic E-state index is 11.5. The molecule has 0 heterocycles. The maximum absolute atomic E-state index is 11.5. The first-order valence-corrected chi connectivity index (χ1v) is 6.32. The van der Waals surface area contributed by atoms with Crippen LogP contribution in [-0.4, -0.2) is 5.97 Å². The molecule has 19 heavy (non-hydrogen) atoms. The monoisotopic (exact) mass is 316 g/mol. The number of esters is 1. The molecule has 0 saturated heterocycles. The minimum Gasteiger partial charge on any atom is -0.423 e. The Morgan fingerprint density at radius 3 is 2.16 bits per heavy atom. The summed E-state index contributed by atoms with van der Waals surface area (Å²) in [6.07, 6.45) is 0.743. The SMILES string of the molecule is CCCC(=O)Oc1c(Cl)c(Cl)c(C#N)c(Cl)c1C#N. The molecule has 1 rings (SSSR count). The van der Waals surface area contributed by atoms with Gasteiger partial charge in [-0.1, -0.05) is 41.7 Å². The molecule has 0 unspecified atom stereocenters. The Bertz CT molecular complexity index is 615. The highest BCUT2D eigenvalue weighted by Gasteiger charge is 2.24. The van der Waals surface area contributed by atoms with Crippen molar-refractivity contribution < 1.29 is 9.53 Å². The Kier molecular flexibility index (Phi) is 5.44. The summed E-state index contributed by atoms with van der Waals surface area (Å²) in [5, 5.41) is 17.4. The van der Waals surface area contributed by atoms with Crippen molar-refractivity contribution in [2.75, 3.05) is 0 Å². The molecule has 7 heteroatoms. The zero-order valence-corrected chi connectivity index (χ0v) is 12.0. The number of hydrogen-bond acceptors (Lipinski definition) is 4. The Labute approximate surface area is 125 Å². The number of carbonyl (C=O) groups excluding carboxylic acids is 1. The fourth-order valence-corrected chi connectivity index (χ4v) is 2.07. The molecule has 0 saturated carbocycles. The minimum atomic E-state index is -0.558. The van der Waals surface area contributed by atoms with Crippen molar-refractivity contribution in [3.8, 4) is 17.9 Å². The van der Waals surface area contributed by atoms with Crippen LogP contribution in [0, 0.1) is 22.7 Å². The Morgan fingerprint density at radius 1 is 1.11 bits per heavy atom. The normalized spacial score (nSPS) is 9.58. The van der Waals surface area contributed by atoms with Crippen LogP contribution in [0.3, 0.4) is 0 Å². The van der Waals surface area contributed by atoms with E-state index in [1.54, 1.807) is 19.1 Å². The summed E-state index contributed by atoms with van der Waals surface area (Å²) in [6, 6.07) is 3.50. The molecule has 0 aliphatic carbocycles. The first-order valence-electron chi connectivity index (χ1n) is 5.19. The number of hydrogen-bond donors (Lipinski definition) is 0. The first-order chi connectivity index (χ1) is 8.97. The summed E-state index contributed by atoms with van der Waals surface area (Å²) in [4.78, 5) is 11.5. The van der Waals surface area contributed by atoms with Crippen LogP contribution in [0.5, 0.6) is 5.75 Å². The van der Waals surface area contributed by atoms with Gasteiger partial charge in [-0.05, 0) is 6.42 Å². The zero-order chi connectivity index (χ0) is 14.6. The van der Waals surface area contributed by atoms with Crippen LogP contribution in [0.4, 0.5) is 0 Å². The first kappa shape index (κ1) is 15.6. The molecule has 0 aromatic heterocycles. The highest BCUT2D eigenvalue weighted by atomic mass is 35.5. The van der Waals surface area contributed by atoms with Crippen LogP contribution in [0.15, 0.2) is 0 Å². The summed E-state index contributed by atoms with van der Waals surface area (Å²) >= 11 is 17.6. The second kappa shape index (κ2) is 6.63. The molecular formula is C12H7Cl3N2O2. The van der Waals surface area contributed by atoms with E-state index in [1.165, 1.54) is 0 Å². The molecular weight excluding hydrogens is 311 g/mol. The van der Waals surface area contributed by atoms with Gasteiger partial charge in [0.2, 0.25) is 0 Å². The summed E-state index contributed by atoms with van der Waals surface area (Å²) in [7, 11) is 0. The van der Waals surface area contributed by atoms with Crippen molar-refractivity contribution in [1.82, 2.24) is 0 Å². The third kappa shape index (κ3) is 3.11. The van der Waals surface area contributed by atoms with Crippen LogP contribution in [0.1, 0.15) is 30.9 Å². The zero-order valence-electron chi connectivity index (χ0n) is 9.76. The van der Waals surface area contributed by atoms with Gasteiger partial charge in [0.25, 0.3) is 0 Å². The lowest BCUT2D eigenvalue weighted by molar-refractivity contribution is -0.134. The third-order valence-electron chi connectivity index (χ3n) is 2.17. The fraction of sp³-hybridized carbons (Fsp3) is 0.250. The highest BCUT2D eigenvalue weighted by Crippen LogP contribution is 2.42. The van der Waals surface area contributed by atoms with E-state index in [2.05, 4.69) is 0 Å². The molecule has 0 radical (unpaired) electrons. The van der Waals surface area contributed by atoms with Crippen molar-refractivity contribution in [1.29, 1.82) is 10.5 Å². The standard InChI is InChI=1S/C12H7Cl3N2O2/c1-2-3-8(18)19-12-7(5-17)9(13)6(4-16)10(14)11(12)15/h2-3H2,1H3. The molecule has 98 valence electrons. The van der Waals surface area contributed by atoms with Gasteiger partial charge in [-0.15, -0.1) is 0 Å². The highest BCUT2D eigenvalue weighted by molar-refractivity contribution is 6.46. The minimum absolute atomic E-state index is 0.125. The number of rotatable bonds is 3. The number of carbonyl (C=O) groups is 1. The predicted molar refractivity (Wildman–Crippen MR) is 71.4 cm³/mol. The topological polar surface area (TPSA) is 73.9 Å². The lowest BCUT2D eigenvalue weighted by Crippen LogP contribution is -2.09. The molecule has 0 aliphatic heterocycles. The van der Waals surface area contributed by atoms with Crippen LogP contribution in [0.2, 0.25) is 15.1 Å². The Balaban J connectivity index is 3.45. The van der Waals surface area contributed by atoms with Gasteiger partial charge in [0, 0.05) is 6.42 Å². The van der Waals surface area contributed by atoms with E-state index in [9.17, 15) is 4.79 Å². The Hall–Kier alpha value is -1.46. The predicted octanol–water partition coefficient (Wildman–Crippen LogP) is 4.10. The molecule has 0 aliphatic rings. The number of nitriles is 2. The van der Waals surface area contributed by atoms with Crippen LogP contribution >= 0.6 is 34.8 Å². The molecule has 1 aromatic carbocycles. The molecule has 0 N–H and O–H groups in total.